The van der Waals surface area contributed by atoms with Gasteiger partial charge in [0.15, 0.2) is 0 Å². The third-order valence-electron chi connectivity index (χ3n) is 4.82. The second kappa shape index (κ2) is 5.87. The quantitative estimate of drug-likeness (QED) is 0.683. The van der Waals surface area contributed by atoms with E-state index in [4.69, 9.17) is 0 Å². The predicted molar refractivity (Wildman–Crippen MR) is 82.8 cm³/mol. The summed E-state index contributed by atoms with van der Waals surface area (Å²) in [7, 11) is 1.79. The van der Waals surface area contributed by atoms with Gasteiger partial charge in [-0.2, -0.15) is 0 Å². The van der Waals surface area contributed by atoms with E-state index in [9.17, 15) is 10.1 Å². The van der Waals surface area contributed by atoms with Gasteiger partial charge in [0.05, 0.1) is 4.92 Å². The summed E-state index contributed by atoms with van der Waals surface area (Å²) >= 11 is 0. The van der Waals surface area contributed by atoms with Crippen LogP contribution in [0.15, 0.2) is 12.1 Å². The van der Waals surface area contributed by atoms with Crippen molar-refractivity contribution in [3.05, 3.63) is 22.2 Å². The first kappa shape index (κ1) is 14.1. The van der Waals surface area contributed by atoms with E-state index in [1.165, 1.54) is 25.7 Å². The van der Waals surface area contributed by atoms with Gasteiger partial charge in [0.25, 0.3) is 0 Å². The van der Waals surface area contributed by atoms with Gasteiger partial charge in [-0.25, -0.2) is 4.98 Å². The zero-order chi connectivity index (χ0) is 14.8. The van der Waals surface area contributed by atoms with Gasteiger partial charge in [0.1, 0.15) is 5.82 Å². The lowest BCUT2D eigenvalue weighted by Crippen LogP contribution is -2.47. The predicted octanol–water partition coefficient (Wildman–Crippen LogP) is 3.19. The Morgan fingerprint density at radius 1 is 1.29 bits per heavy atom. The van der Waals surface area contributed by atoms with Crippen LogP contribution in [0.4, 0.5) is 17.3 Å². The van der Waals surface area contributed by atoms with Crippen molar-refractivity contribution in [2.24, 2.45) is 5.92 Å². The summed E-state index contributed by atoms with van der Waals surface area (Å²) in [6, 6.07) is 3.66. The van der Waals surface area contributed by atoms with Crippen LogP contribution in [0.1, 0.15) is 38.5 Å². The van der Waals surface area contributed by atoms with Crippen LogP contribution in [-0.4, -0.2) is 29.5 Å². The number of nitro groups is 1. The fourth-order valence-electron chi connectivity index (χ4n) is 3.82. The molecule has 3 rings (SSSR count). The molecule has 0 aromatic carbocycles. The van der Waals surface area contributed by atoms with Crippen LogP contribution < -0.4 is 10.2 Å². The molecule has 114 valence electrons. The lowest BCUT2D eigenvalue weighted by molar-refractivity contribution is -0.384. The lowest BCUT2D eigenvalue weighted by atomic mass is 9.78. The zero-order valence-corrected chi connectivity index (χ0v) is 12.4. The van der Waals surface area contributed by atoms with E-state index in [1.54, 1.807) is 19.2 Å². The van der Waals surface area contributed by atoms with E-state index in [0.717, 1.165) is 19.4 Å². The molecule has 2 heterocycles. The minimum atomic E-state index is -0.311. The molecule has 1 saturated carbocycles. The van der Waals surface area contributed by atoms with E-state index in [0.29, 0.717) is 23.6 Å². The molecule has 0 unspecified atom stereocenters. The van der Waals surface area contributed by atoms with Crippen molar-refractivity contribution < 1.29 is 4.92 Å². The number of pyridine rings is 1. The largest absolute Gasteiger partial charge is 0.373 e. The number of anilines is 2. The fourth-order valence-corrected chi connectivity index (χ4v) is 3.82. The molecule has 0 spiro atoms. The summed E-state index contributed by atoms with van der Waals surface area (Å²) in [5.74, 6) is 1.91. The molecule has 0 radical (unpaired) electrons. The van der Waals surface area contributed by atoms with Gasteiger partial charge in [-0.15, -0.1) is 0 Å². The molecule has 0 bridgehead atoms. The Morgan fingerprint density at radius 3 is 2.81 bits per heavy atom. The van der Waals surface area contributed by atoms with Gasteiger partial charge < -0.3 is 10.2 Å². The van der Waals surface area contributed by atoms with Crippen molar-refractivity contribution in [1.82, 2.24) is 4.98 Å². The highest BCUT2D eigenvalue weighted by atomic mass is 16.6. The normalized spacial score (nSPS) is 25.3. The average molecular weight is 290 g/mol. The minimum absolute atomic E-state index is 0.125. The number of nitrogens with one attached hydrogen (secondary N) is 1. The monoisotopic (exact) mass is 290 g/mol. The Kier molecular flexibility index (Phi) is 3.94. The standard InChI is InChI=1S/C15H22N4O2/c1-16-14-9-8-13(19(20)21)15(17-14)18-10-4-6-11-5-2-3-7-12(11)18/h8-9,11-12H,2-7,10H2,1H3,(H,16,17)/t11-,12-/m1/s1. The van der Waals surface area contributed by atoms with Crippen LogP contribution in [0.2, 0.25) is 0 Å². The Morgan fingerprint density at radius 2 is 2.05 bits per heavy atom. The van der Waals surface area contributed by atoms with Crippen molar-refractivity contribution in [2.75, 3.05) is 23.8 Å². The van der Waals surface area contributed by atoms with E-state index in [2.05, 4.69) is 15.2 Å². The van der Waals surface area contributed by atoms with Crippen LogP contribution in [0, 0.1) is 16.0 Å². The first-order chi connectivity index (χ1) is 10.2. The maximum atomic E-state index is 11.3. The van der Waals surface area contributed by atoms with Crippen molar-refractivity contribution in [3.63, 3.8) is 0 Å². The summed E-state index contributed by atoms with van der Waals surface area (Å²) in [4.78, 5) is 17.7. The van der Waals surface area contributed by atoms with Crippen LogP contribution in [-0.2, 0) is 0 Å². The van der Waals surface area contributed by atoms with Gasteiger partial charge in [0.2, 0.25) is 5.82 Å². The maximum absolute atomic E-state index is 11.3. The third-order valence-corrected chi connectivity index (χ3v) is 4.82. The van der Waals surface area contributed by atoms with Crippen molar-refractivity contribution in [2.45, 2.75) is 44.6 Å². The Bertz CT molecular complexity index is 532. The van der Waals surface area contributed by atoms with Gasteiger partial charge >= 0.3 is 5.69 Å². The Hall–Kier alpha value is -1.85. The van der Waals surface area contributed by atoms with E-state index in [1.807, 2.05) is 0 Å². The van der Waals surface area contributed by atoms with E-state index in [-0.39, 0.29) is 10.6 Å². The maximum Gasteiger partial charge on any atom is 0.311 e. The molecular formula is C15H22N4O2. The summed E-state index contributed by atoms with van der Waals surface area (Å²) in [5.41, 5.74) is 0.125. The molecule has 1 saturated heterocycles. The van der Waals surface area contributed by atoms with Crippen LogP contribution in [0.3, 0.4) is 0 Å². The number of rotatable bonds is 3. The summed E-state index contributed by atoms with van der Waals surface area (Å²) < 4.78 is 0. The lowest BCUT2D eigenvalue weighted by Gasteiger charge is -2.44. The molecule has 6 nitrogen and oxygen atoms in total. The van der Waals surface area contributed by atoms with Crippen LogP contribution in [0.5, 0.6) is 0 Å². The molecule has 2 atom stereocenters. The number of hydrogen-bond acceptors (Lipinski definition) is 5. The number of aromatic nitrogens is 1. The van der Waals surface area contributed by atoms with Crippen molar-refractivity contribution in [1.29, 1.82) is 0 Å². The number of piperidine rings is 1. The molecule has 1 aliphatic heterocycles. The SMILES string of the molecule is CNc1ccc([N+](=O)[O-])c(N2CCC[C@H]3CCCC[C@H]32)n1. The second-order valence-electron chi connectivity index (χ2n) is 5.99. The highest BCUT2D eigenvalue weighted by Crippen LogP contribution is 2.40. The highest BCUT2D eigenvalue weighted by Gasteiger charge is 2.36. The van der Waals surface area contributed by atoms with E-state index >= 15 is 0 Å². The molecule has 21 heavy (non-hydrogen) atoms. The van der Waals surface area contributed by atoms with Crippen molar-refractivity contribution in [3.8, 4) is 0 Å². The van der Waals surface area contributed by atoms with Gasteiger partial charge in [-0.1, -0.05) is 12.8 Å². The molecule has 1 aromatic heterocycles. The first-order valence-corrected chi connectivity index (χ1v) is 7.80. The number of nitrogens with zero attached hydrogens (tertiary/aromatic N) is 3. The first-order valence-electron chi connectivity index (χ1n) is 7.80. The Labute approximate surface area is 124 Å². The second-order valence-corrected chi connectivity index (χ2v) is 5.99. The van der Waals surface area contributed by atoms with Gasteiger partial charge in [-0.3, -0.25) is 10.1 Å². The Balaban J connectivity index is 1.98. The zero-order valence-electron chi connectivity index (χ0n) is 12.4. The molecule has 6 heteroatoms. The fraction of sp³-hybridized carbons (Fsp3) is 0.667. The molecule has 0 amide bonds. The van der Waals surface area contributed by atoms with Gasteiger partial charge in [-0.05, 0) is 37.7 Å². The summed E-state index contributed by atoms with van der Waals surface area (Å²) in [6.45, 7) is 0.877. The third kappa shape index (κ3) is 2.66. The molecular weight excluding hydrogens is 268 g/mol. The average Bonchev–Trinajstić information content (AvgIpc) is 2.53. The van der Waals surface area contributed by atoms with E-state index < -0.39 is 0 Å². The van der Waals surface area contributed by atoms with Crippen molar-refractivity contribution >= 4 is 17.3 Å². The number of fused-ring (bicyclic) bond motifs is 1. The minimum Gasteiger partial charge on any atom is -0.373 e. The van der Waals surface area contributed by atoms with Gasteiger partial charge in [0, 0.05) is 25.7 Å². The topological polar surface area (TPSA) is 71.3 Å². The molecule has 1 aliphatic carbocycles. The molecule has 2 fully saturated rings. The smallest absolute Gasteiger partial charge is 0.311 e. The highest BCUT2D eigenvalue weighted by molar-refractivity contribution is 5.62. The summed E-state index contributed by atoms with van der Waals surface area (Å²) in [5, 5.41) is 14.3. The molecule has 1 N–H and O–H groups in total. The molecule has 1 aromatic rings. The summed E-state index contributed by atoms with van der Waals surface area (Å²) in [6.07, 6.45) is 7.25. The molecule has 2 aliphatic rings. The van der Waals surface area contributed by atoms with Crippen LogP contribution >= 0.6 is 0 Å². The number of hydrogen-bond donors (Lipinski definition) is 1. The van der Waals surface area contributed by atoms with Crippen LogP contribution in [0.25, 0.3) is 0 Å².